The van der Waals surface area contributed by atoms with Crippen LogP contribution < -0.4 is 0 Å². The molecule has 0 heterocycles. The van der Waals surface area contributed by atoms with E-state index in [1.54, 1.807) is 0 Å². The van der Waals surface area contributed by atoms with Gasteiger partial charge in [0.25, 0.3) is 0 Å². The molecule has 0 saturated carbocycles. The monoisotopic (exact) mass is 150 g/mol. The van der Waals surface area contributed by atoms with Crippen LogP contribution in [0, 0.1) is 0 Å². The maximum Gasteiger partial charge on any atom is 0.194 e. The van der Waals surface area contributed by atoms with Gasteiger partial charge in [-0.25, -0.2) is 0 Å². The van der Waals surface area contributed by atoms with Crippen molar-refractivity contribution in [2.45, 2.75) is 12.2 Å². The summed E-state index contributed by atoms with van der Waals surface area (Å²) in [5, 5.41) is 33.5. The van der Waals surface area contributed by atoms with Crippen LogP contribution in [-0.2, 0) is 4.79 Å². The number of rotatable bonds is 4. The third-order valence-electron chi connectivity index (χ3n) is 1.00. The van der Waals surface area contributed by atoms with Crippen molar-refractivity contribution in [1.29, 1.82) is 0 Å². The van der Waals surface area contributed by atoms with Gasteiger partial charge < -0.3 is 20.4 Å². The first-order valence-corrected chi connectivity index (χ1v) is 2.75. The summed E-state index contributed by atoms with van der Waals surface area (Å²) in [7, 11) is 0. The van der Waals surface area contributed by atoms with Gasteiger partial charge in [0.1, 0.15) is 12.2 Å². The number of aliphatic hydroxyl groups excluding tert-OH is 4. The molecule has 0 aliphatic carbocycles. The summed E-state index contributed by atoms with van der Waals surface area (Å²) in [6.07, 6.45) is -3.19. The van der Waals surface area contributed by atoms with Gasteiger partial charge >= 0.3 is 0 Å². The molecule has 5 nitrogen and oxygen atoms in total. The minimum atomic E-state index is -1.60. The number of hydrogen-bond acceptors (Lipinski definition) is 5. The van der Waals surface area contributed by atoms with Gasteiger partial charge in [-0.3, -0.25) is 4.79 Å². The number of hydrogen-bond donors (Lipinski definition) is 4. The Labute approximate surface area is 57.5 Å². The Balaban J connectivity index is 3.82. The minimum Gasteiger partial charge on any atom is -0.393 e. The molecule has 0 spiro atoms. The first kappa shape index (κ1) is 9.51. The molecule has 0 rings (SSSR count). The van der Waals surface area contributed by atoms with Crippen LogP contribution in [0.5, 0.6) is 0 Å². The van der Waals surface area contributed by atoms with E-state index in [1.165, 1.54) is 0 Å². The van der Waals surface area contributed by atoms with Crippen molar-refractivity contribution in [3.63, 3.8) is 0 Å². The lowest BCUT2D eigenvalue weighted by molar-refractivity contribution is -0.139. The molecule has 0 aromatic heterocycles. The van der Waals surface area contributed by atoms with Crippen LogP contribution in [0.2, 0.25) is 0 Å². The third-order valence-corrected chi connectivity index (χ3v) is 1.00. The Morgan fingerprint density at radius 3 is 1.60 bits per heavy atom. The topological polar surface area (TPSA) is 98.0 Å². The lowest BCUT2D eigenvalue weighted by atomic mass is 10.1. The second-order valence-corrected chi connectivity index (χ2v) is 1.80. The van der Waals surface area contributed by atoms with Crippen LogP contribution in [0.15, 0.2) is 0 Å². The van der Waals surface area contributed by atoms with E-state index < -0.39 is 31.2 Å². The Bertz CT molecular complexity index is 101. The van der Waals surface area contributed by atoms with Gasteiger partial charge in [0.2, 0.25) is 0 Å². The summed E-state index contributed by atoms with van der Waals surface area (Å²) in [5.41, 5.74) is 0. The summed E-state index contributed by atoms with van der Waals surface area (Å²) in [6, 6.07) is 0. The summed E-state index contributed by atoms with van der Waals surface area (Å²) in [6.45, 7) is -1.48. The Morgan fingerprint density at radius 2 is 1.40 bits per heavy atom. The average molecular weight is 150 g/mol. The summed E-state index contributed by atoms with van der Waals surface area (Å²) in [5.74, 6) is -0.968. The first-order chi connectivity index (χ1) is 4.63. The Morgan fingerprint density at radius 1 is 1.10 bits per heavy atom. The first-order valence-electron chi connectivity index (χ1n) is 2.75. The van der Waals surface area contributed by atoms with Crippen LogP contribution in [-0.4, -0.2) is 51.6 Å². The molecule has 60 valence electrons. The summed E-state index contributed by atoms with van der Waals surface area (Å²) >= 11 is 0. The fourth-order valence-electron chi connectivity index (χ4n) is 0.402. The highest BCUT2D eigenvalue weighted by Crippen LogP contribution is 1.90. The highest BCUT2D eigenvalue weighted by molar-refractivity contribution is 5.87. The predicted octanol–water partition coefficient (Wildman–Crippen LogP) is -2.74. The minimum absolute atomic E-state index is 0.740. The number of aliphatic hydroxyl groups is 4. The van der Waals surface area contributed by atoms with Crippen molar-refractivity contribution in [2.75, 3.05) is 13.2 Å². The smallest absolute Gasteiger partial charge is 0.194 e. The van der Waals surface area contributed by atoms with Gasteiger partial charge in [-0.05, 0) is 0 Å². The number of carbonyl (C=O) groups is 1. The fourth-order valence-corrected chi connectivity index (χ4v) is 0.402. The van der Waals surface area contributed by atoms with Gasteiger partial charge in [0, 0.05) is 0 Å². The zero-order chi connectivity index (χ0) is 8.15. The van der Waals surface area contributed by atoms with Crippen molar-refractivity contribution in [1.82, 2.24) is 0 Å². The van der Waals surface area contributed by atoms with E-state index in [0.29, 0.717) is 0 Å². The fraction of sp³-hybridized carbons (Fsp3) is 0.800. The highest BCUT2D eigenvalue weighted by atomic mass is 16.3. The molecule has 0 saturated heterocycles. The molecule has 10 heavy (non-hydrogen) atoms. The van der Waals surface area contributed by atoms with E-state index in [-0.39, 0.29) is 0 Å². The second kappa shape index (κ2) is 4.35. The van der Waals surface area contributed by atoms with E-state index in [4.69, 9.17) is 20.4 Å². The van der Waals surface area contributed by atoms with Gasteiger partial charge in [0.15, 0.2) is 5.78 Å². The molecule has 0 aromatic carbocycles. The molecule has 2 atom stereocenters. The molecule has 5 heteroatoms. The molecular weight excluding hydrogens is 140 g/mol. The Hall–Kier alpha value is -0.490. The molecule has 0 aliphatic heterocycles. The van der Waals surface area contributed by atoms with Crippen molar-refractivity contribution in [3.8, 4) is 0 Å². The largest absolute Gasteiger partial charge is 0.393 e. The van der Waals surface area contributed by atoms with Crippen LogP contribution in [0.3, 0.4) is 0 Å². The zero-order valence-corrected chi connectivity index (χ0v) is 5.27. The molecular formula is C5H10O5. The van der Waals surface area contributed by atoms with Crippen LogP contribution in [0.4, 0.5) is 0 Å². The van der Waals surface area contributed by atoms with Crippen LogP contribution in [0.25, 0.3) is 0 Å². The average Bonchev–Trinajstić information content (AvgIpc) is 2.00. The van der Waals surface area contributed by atoms with Crippen molar-refractivity contribution < 1.29 is 25.2 Å². The molecule has 0 bridgehead atoms. The SMILES string of the molecule is O=C(C(O)CO)[C@@H](O)CO. The summed E-state index contributed by atoms with van der Waals surface area (Å²) in [4.78, 5) is 10.5. The van der Waals surface area contributed by atoms with Crippen LogP contribution in [0.1, 0.15) is 0 Å². The van der Waals surface area contributed by atoms with Gasteiger partial charge in [-0.2, -0.15) is 0 Å². The van der Waals surface area contributed by atoms with Crippen molar-refractivity contribution >= 4 is 5.78 Å². The maximum absolute atomic E-state index is 10.5. The molecule has 0 aliphatic rings. The quantitative estimate of drug-likeness (QED) is 0.348. The molecule has 0 fully saturated rings. The maximum atomic E-state index is 10.5. The molecule has 4 N–H and O–H groups in total. The highest BCUT2D eigenvalue weighted by Gasteiger charge is 2.21. The normalized spacial score (nSPS) is 16.4. The molecule has 0 aromatic rings. The van der Waals surface area contributed by atoms with E-state index in [0.717, 1.165) is 0 Å². The van der Waals surface area contributed by atoms with Gasteiger partial charge in [-0.15, -0.1) is 0 Å². The third kappa shape index (κ3) is 2.40. The number of carbonyl (C=O) groups excluding carboxylic acids is 1. The molecule has 0 amide bonds. The van der Waals surface area contributed by atoms with Crippen molar-refractivity contribution in [3.05, 3.63) is 0 Å². The van der Waals surface area contributed by atoms with Crippen molar-refractivity contribution in [2.24, 2.45) is 0 Å². The van der Waals surface area contributed by atoms with E-state index in [1.807, 2.05) is 0 Å². The summed E-state index contributed by atoms with van der Waals surface area (Å²) < 4.78 is 0. The van der Waals surface area contributed by atoms with Crippen LogP contribution >= 0.6 is 0 Å². The second-order valence-electron chi connectivity index (χ2n) is 1.80. The van der Waals surface area contributed by atoms with Gasteiger partial charge in [-0.1, -0.05) is 0 Å². The zero-order valence-electron chi connectivity index (χ0n) is 5.27. The Kier molecular flexibility index (Phi) is 4.13. The van der Waals surface area contributed by atoms with E-state index in [2.05, 4.69) is 0 Å². The lowest BCUT2D eigenvalue weighted by Crippen LogP contribution is -2.36. The lowest BCUT2D eigenvalue weighted by Gasteiger charge is -2.08. The standard InChI is InChI=1S/C5H10O5/c6-1-3(8)5(10)4(9)2-7/h3-4,6-9H,1-2H2/t3-,4?/m0/s1. The molecule has 0 radical (unpaired) electrons. The predicted molar refractivity (Wildman–Crippen MR) is 31.2 cm³/mol. The number of Topliss-reactive ketones (excluding diaryl/α,β-unsaturated/α-hetero) is 1. The van der Waals surface area contributed by atoms with E-state index >= 15 is 0 Å². The number of ketones is 1. The molecule has 1 unspecified atom stereocenters. The van der Waals surface area contributed by atoms with Gasteiger partial charge in [0.05, 0.1) is 13.2 Å². The van der Waals surface area contributed by atoms with E-state index in [9.17, 15) is 4.79 Å².